The Kier molecular flexibility index (Phi) is 4.10. The first kappa shape index (κ1) is 13.5. The monoisotopic (exact) mass is 255 g/mol. The predicted molar refractivity (Wildman–Crippen MR) is 80.4 cm³/mol. The summed E-state index contributed by atoms with van der Waals surface area (Å²) in [6.45, 7) is 6.42. The number of hydrogen-bond donors (Lipinski definition) is 1. The first-order valence-corrected chi connectivity index (χ1v) is 6.68. The van der Waals surface area contributed by atoms with Crippen LogP contribution in [0.15, 0.2) is 48.5 Å². The molecule has 0 spiro atoms. The highest BCUT2D eigenvalue weighted by atomic mass is 16.5. The molecular weight excluding hydrogens is 234 g/mol. The lowest BCUT2D eigenvalue weighted by Gasteiger charge is -2.16. The van der Waals surface area contributed by atoms with Gasteiger partial charge < -0.3 is 10.5 Å². The highest BCUT2D eigenvalue weighted by Crippen LogP contribution is 2.25. The van der Waals surface area contributed by atoms with Crippen molar-refractivity contribution in [2.45, 2.75) is 32.8 Å². The summed E-state index contributed by atoms with van der Waals surface area (Å²) in [7, 11) is 0. The maximum atomic E-state index is 5.99. The first-order valence-electron chi connectivity index (χ1n) is 6.68. The Morgan fingerprint density at radius 2 is 1.58 bits per heavy atom. The zero-order chi connectivity index (χ0) is 13.8. The second-order valence-electron chi connectivity index (χ2n) is 5.15. The Bertz CT molecular complexity index is 531. The van der Waals surface area contributed by atoms with Gasteiger partial charge in [0.15, 0.2) is 0 Å². The van der Waals surface area contributed by atoms with Gasteiger partial charge >= 0.3 is 0 Å². The van der Waals surface area contributed by atoms with Crippen LogP contribution in [-0.2, 0) is 0 Å². The van der Waals surface area contributed by atoms with Crippen LogP contribution in [0.4, 0.5) is 5.69 Å². The SMILES string of the molecule is CC(C)c1cccc(OC(C)c2ccc(N)cc2)c1. The molecule has 1 atom stereocenters. The van der Waals surface area contributed by atoms with Gasteiger partial charge in [-0.3, -0.25) is 0 Å². The van der Waals surface area contributed by atoms with Gasteiger partial charge in [0.05, 0.1) is 0 Å². The highest BCUT2D eigenvalue weighted by Gasteiger charge is 2.08. The molecule has 0 fully saturated rings. The third kappa shape index (κ3) is 3.50. The fraction of sp³-hybridized carbons (Fsp3) is 0.294. The molecule has 0 aliphatic heterocycles. The van der Waals surface area contributed by atoms with E-state index in [0.29, 0.717) is 5.92 Å². The summed E-state index contributed by atoms with van der Waals surface area (Å²) in [5.74, 6) is 1.42. The average molecular weight is 255 g/mol. The summed E-state index contributed by atoms with van der Waals surface area (Å²) in [5, 5.41) is 0. The lowest BCUT2D eigenvalue weighted by molar-refractivity contribution is 0.226. The summed E-state index contributed by atoms with van der Waals surface area (Å²) in [4.78, 5) is 0. The number of anilines is 1. The third-order valence-corrected chi connectivity index (χ3v) is 3.24. The maximum absolute atomic E-state index is 5.99. The summed E-state index contributed by atoms with van der Waals surface area (Å²) < 4.78 is 5.99. The molecule has 0 aliphatic carbocycles. The van der Waals surface area contributed by atoms with Crippen LogP contribution in [0.2, 0.25) is 0 Å². The molecule has 0 aromatic heterocycles. The molecule has 0 heterocycles. The Balaban J connectivity index is 2.12. The Labute approximate surface area is 115 Å². The minimum Gasteiger partial charge on any atom is -0.486 e. The number of benzene rings is 2. The van der Waals surface area contributed by atoms with Crippen molar-refractivity contribution >= 4 is 5.69 Å². The van der Waals surface area contributed by atoms with Crippen LogP contribution >= 0.6 is 0 Å². The van der Waals surface area contributed by atoms with Gasteiger partial charge in [-0.1, -0.05) is 38.1 Å². The van der Waals surface area contributed by atoms with Gasteiger partial charge in [0, 0.05) is 5.69 Å². The van der Waals surface area contributed by atoms with Crippen molar-refractivity contribution in [3.63, 3.8) is 0 Å². The summed E-state index contributed by atoms with van der Waals surface area (Å²) in [6.07, 6.45) is 0.0167. The van der Waals surface area contributed by atoms with Crippen molar-refractivity contribution in [3.05, 3.63) is 59.7 Å². The van der Waals surface area contributed by atoms with Gasteiger partial charge in [0.1, 0.15) is 11.9 Å². The van der Waals surface area contributed by atoms with E-state index in [1.807, 2.05) is 43.3 Å². The molecule has 2 nitrogen and oxygen atoms in total. The van der Waals surface area contributed by atoms with Crippen LogP contribution in [0, 0.1) is 0 Å². The van der Waals surface area contributed by atoms with E-state index in [9.17, 15) is 0 Å². The smallest absolute Gasteiger partial charge is 0.121 e. The van der Waals surface area contributed by atoms with Crippen LogP contribution in [0.5, 0.6) is 5.75 Å². The van der Waals surface area contributed by atoms with Crippen LogP contribution in [0.25, 0.3) is 0 Å². The molecule has 100 valence electrons. The molecule has 2 rings (SSSR count). The largest absolute Gasteiger partial charge is 0.486 e. The van der Waals surface area contributed by atoms with E-state index in [1.165, 1.54) is 5.56 Å². The lowest BCUT2D eigenvalue weighted by Crippen LogP contribution is -2.03. The van der Waals surface area contributed by atoms with E-state index in [4.69, 9.17) is 10.5 Å². The molecule has 0 saturated carbocycles. The molecule has 2 aromatic rings. The lowest BCUT2D eigenvalue weighted by atomic mass is 10.0. The summed E-state index contributed by atoms with van der Waals surface area (Å²) >= 11 is 0. The van der Waals surface area contributed by atoms with Crippen molar-refractivity contribution in [1.29, 1.82) is 0 Å². The van der Waals surface area contributed by atoms with Gasteiger partial charge in [-0.25, -0.2) is 0 Å². The molecule has 0 radical (unpaired) electrons. The fourth-order valence-corrected chi connectivity index (χ4v) is 1.99. The molecule has 0 aliphatic rings. The fourth-order valence-electron chi connectivity index (χ4n) is 1.99. The van der Waals surface area contributed by atoms with Crippen LogP contribution in [0.3, 0.4) is 0 Å². The topological polar surface area (TPSA) is 35.2 Å². The third-order valence-electron chi connectivity index (χ3n) is 3.24. The zero-order valence-corrected chi connectivity index (χ0v) is 11.8. The second kappa shape index (κ2) is 5.79. The zero-order valence-electron chi connectivity index (χ0n) is 11.8. The molecule has 19 heavy (non-hydrogen) atoms. The van der Waals surface area contributed by atoms with Gasteiger partial charge in [-0.15, -0.1) is 0 Å². The van der Waals surface area contributed by atoms with E-state index >= 15 is 0 Å². The number of ether oxygens (including phenoxy) is 1. The average Bonchev–Trinajstić information content (AvgIpc) is 2.39. The highest BCUT2D eigenvalue weighted by molar-refractivity contribution is 5.40. The molecule has 2 heteroatoms. The number of nitrogen functional groups attached to an aromatic ring is 1. The van der Waals surface area contributed by atoms with E-state index < -0.39 is 0 Å². The Hall–Kier alpha value is -1.96. The molecule has 0 bridgehead atoms. The molecule has 0 saturated heterocycles. The van der Waals surface area contributed by atoms with Gasteiger partial charge in [0.2, 0.25) is 0 Å². The molecule has 2 N–H and O–H groups in total. The van der Waals surface area contributed by atoms with Crippen molar-refractivity contribution in [3.8, 4) is 5.75 Å². The number of hydrogen-bond acceptors (Lipinski definition) is 2. The number of rotatable bonds is 4. The normalized spacial score (nSPS) is 12.4. The van der Waals surface area contributed by atoms with Crippen molar-refractivity contribution in [2.24, 2.45) is 0 Å². The standard InChI is InChI=1S/C17H21NO/c1-12(2)15-5-4-6-17(11-15)19-13(3)14-7-9-16(18)10-8-14/h4-13H,18H2,1-3H3. The summed E-state index contributed by atoms with van der Waals surface area (Å²) in [5.41, 5.74) is 8.89. The van der Waals surface area contributed by atoms with E-state index in [-0.39, 0.29) is 6.10 Å². The van der Waals surface area contributed by atoms with Crippen molar-refractivity contribution < 1.29 is 4.74 Å². The second-order valence-corrected chi connectivity index (χ2v) is 5.15. The minimum absolute atomic E-state index is 0.0167. The van der Waals surface area contributed by atoms with Gasteiger partial charge in [0.25, 0.3) is 0 Å². The van der Waals surface area contributed by atoms with E-state index in [2.05, 4.69) is 26.0 Å². The van der Waals surface area contributed by atoms with E-state index in [1.54, 1.807) is 0 Å². The van der Waals surface area contributed by atoms with Crippen molar-refractivity contribution in [1.82, 2.24) is 0 Å². The van der Waals surface area contributed by atoms with Gasteiger partial charge in [-0.2, -0.15) is 0 Å². The first-order chi connectivity index (χ1) is 9.06. The minimum atomic E-state index is 0.0167. The van der Waals surface area contributed by atoms with Gasteiger partial charge in [-0.05, 0) is 48.2 Å². The Morgan fingerprint density at radius 1 is 0.895 bits per heavy atom. The molecule has 1 unspecified atom stereocenters. The van der Waals surface area contributed by atoms with E-state index in [0.717, 1.165) is 17.0 Å². The van der Waals surface area contributed by atoms with Crippen LogP contribution < -0.4 is 10.5 Å². The molecule has 0 amide bonds. The Morgan fingerprint density at radius 3 is 2.21 bits per heavy atom. The quantitative estimate of drug-likeness (QED) is 0.814. The molecule has 2 aromatic carbocycles. The predicted octanol–water partition coefficient (Wildman–Crippen LogP) is 4.53. The van der Waals surface area contributed by atoms with Crippen LogP contribution in [-0.4, -0.2) is 0 Å². The molecular formula is C17H21NO. The summed E-state index contributed by atoms with van der Waals surface area (Å²) in [6, 6.07) is 16.1. The maximum Gasteiger partial charge on any atom is 0.121 e. The van der Waals surface area contributed by atoms with Crippen LogP contribution in [0.1, 0.15) is 43.9 Å². The number of nitrogens with two attached hydrogens (primary N) is 1. The van der Waals surface area contributed by atoms with Crippen molar-refractivity contribution in [2.75, 3.05) is 5.73 Å².